The molecule has 0 aromatic carbocycles. The van der Waals surface area contributed by atoms with Crippen LogP contribution >= 0.6 is 0 Å². The van der Waals surface area contributed by atoms with Crippen molar-refractivity contribution in [2.75, 3.05) is 7.05 Å². The Morgan fingerprint density at radius 1 is 1.55 bits per heavy atom. The summed E-state index contributed by atoms with van der Waals surface area (Å²) in [4.78, 5) is 8.29. The Kier molecular flexibility index (Phi) is 2.36. The zero-order valence-electron chi connectivity index (χ0n) is 7.13. The first-order valence-electron chi connectivity index (χ1n) is 3.61. The van der Waals surface area contributed by atoms with Crippen LogP contribution in [0.2, 0.25) is 0 Å². The second kappa shape index (κ2) is 3.28. The summed E-state index contributed by atoms with van der Waals surface area (Å²) in [6.07, 6.45) is 1.79. The maximum Gasteiger partial charge on any atom is 0.0865 e. The van der Waals surface area contributed by atoms with Gasteiger partial charge in [0.1, 0.15) is 0 Å². The van der Waals surface area contributed by atoms with Crippen LogP contribution in [0.15, 0.2) is 23.3 Å². The minimum Gasteiger partial charge on any atom is -0.291 e. The summed E-state index contributed by atoms with van der Waals surface area (Å²) in [6, 6.07) is 3.97. The topological polar surface area (TPSA) is 25.2 Å². The SMILES string of the molecule is CN=C(C)c1ncccc1C. The van der Waals surface area contributed by atoms with Crippen molar-refractivity contribution in [3.8, 4) is 0 Å². The van der Waals surface area contributed by atoms with Gasteiger partial charge in [0.2, 0.25) is 0 Å². The summed E-state index contributed by atoms with van der Waals surface area (Å²) in [6.45, 7) is 4.01. The van der Waals surface area contributed by atoms with E-state index in [2.05, 4.69) is 9.98 Å². The van der Waals surface area contributed by atoms with Crippen molar-refractivity contribution in [1.29, 1.82) is 0 Å². The van der Waals surface area contributed by atoms with Gasteiger partial charge in [-0.3, -0.25) is 9.98 Å². The van der Waals surface area contributed by atoms with E-state index in [0.717, 1.165) is 11.4 Å². The van der Waals surface area contributed by atoms with E-state index in [4.69, 9.17) is 0 Å². The van der Waals surface area contributed by atoms with Gasteiger partial charge in [0, 0.05) is 13.2 Å². The van der Waals surface area contributed by atoms with E-state index >= 15 is 0 Å². The number of hydrogen-bond donors (Lipinski definition) is 0. The van der Waals surface area contributed by atoms with E-state index in [-0.39, 0.29) is 0 Å². The van der Waals surface area contributed by atoms with Crippen molar-refractivity contribution in [2.45, 2.75) is 13.8 Å². The zero-order valence-corrected chi connectivity index (χ0v) is 7.13. The first-order chi connectivity index (χ1) is 5.25. The smallest absolute Gasteiger partial charge is 0.0865 e. The molecule has 1 aromatic heterocycles. The largest absolute Gasteiger partial charge is 0.291 e. The number of nitrogens with zero attached hydrogens (tertiary/aromatic N) is 2. The third kappa shape index (κ3) is 1.64. The molecule has 0 unspecified atom stereocenters. The van der Waals surface area contributed by atoms with Crippen LogP contribution in [-0.4, -0.2) is 17.7 Å². The minimum atomic E-state index is 0.989. The first kappa shape index (κ1) is 7.92. The zero-order chi connectivity index (χ0) is 8.27. The lowest BCUT2D eigenvalue weighted by Crippen LogP contribution is -2.00. The molecule has 0 spiro atoms. The predicted octanol–water partition coefficient (Wildman–Crippen LogP) is 1.83. The molecule has 0 aliphatic rings. The van der Waals surface area contributed by atoms with Crippen LogP contribution in [0.4, 0.5) is 0 Å². The van der Waals surface area contributed by atoms with Crippen molar-refractivity contribution in [3.63, 3.8) is 0 Å². The lowest BCUT2D eigenvalue weighted by molar-refractivity contribution is 1.22. The van der Waals surface area contributed by atoms with E-state index in [9.17, 15) is 0 Å². The number of aryl methyl sites for hydroxylation is 1. The van der Waals surface area contributed by atoms with Crippen LogP contribution in [0, 0.1) is 6.92 Å². The summed E-state index contributed by atoms with van der Waals surface area (Å²) in [5.41, 5.74) is 3.16. The first-order valence-corrected chi connectivity index (χ1v) is 3.61. The molecule has 58 valence electrons. The second-order valence-electron chi connectivity index (χ2n) is 2.48. The van der Waals surface area contributed by atoms with Crippen molar-refractivity contribution >= 4 is 5.71 Å². The molecule has 0 bridgehead atoms. The lowest BCUT2D eigenvalue weighted by Gasteiger charge is -2.01. The number of aliphatic imine (C=N–C) groups is 1. The van der Waals surface area contributed by atoms with Crippen LogP contribution < -0.4 is 0 Å². The maximum absolute atomic E-state index is 4.22. The average molecular weight is 148 g/mol. The van der Waals surface area contributed by atoms with Gasteiger partial charge in [0.05, 0.1) is 11.4 Å². The number of pyridine rings is 1. The third-order valence-electron chi connectivity index (χ3n) is 1.69. The van der Waals surface area contributed by atoms with E-state index in [0.29, 0.717) is 0 Å². The Hall–Kier alpha value is -1.18. The van der Waals surface area contributed by atoms with Gasteiger partial charge in [-0.1, -0.05) is 6.07 Å². The number of hydrogen-bond acceptors (Lipinski definition) is 2. The quantitative estimate of drug-likeness (QED) is 0.558. The average Bonchev–Trinajstić information content (AvgIpc) is 2.04. The Morgan fingerprint density at radius 3 is 2.82 bits per heavy atom. The summed E-state index contributed by atoms with van der Waals surface area (Å²) in [7, 11) is 1.78. The van der Waals surface area contributed by atoms with Crippen LogP contribution in [0.25, 0.3) is 0 Å². The molecular weight excluding hydrogens is 136 g/mol. The highest BCUT2D eigenvalue weighted by molar-refractivity contribution is 5.97. The maximum atomic E-state index is 4.22. The lowest BCUT2D eigenvalue weighted by atomic mass is 10.1. The Balaban J connectivity index is 3.14. The van der Waals surface area contributed by atoms with Gasteiger partial charge in [-0.15, -0.1) is 0 Å². The molecular formula is C9H12N2. The van der Waals surface area contributed by atoms with Crippen molar-refractivity contribution in [3.05, 3.63) is 29.6 Å². The highest BCUT2D eigenvalue weighted by Gasteiger charge is 1.99. The van der Waals surface area contributed by atoms with E-state index < -0.39 is 0 Å². The molecule has 1 aromatic rings. The molecule has 2 heteroatoms. The van der Waals surface area contributed by atoms with Gasteiger partial charge in [0.25, 0.3) is 0 Å². The van der Waals surface area contributed by atoms with Gasteiger partial charge in [-0.2, -0.15) is 0 Å². The third-order valence-corrected chi connectivity index (χ3v) is 1.69. The monoisotopic (exact) mass is 148 g/mol. The number of aromatic nitrogens is 1. The molecule has 0 radical (unpaired) electrons. The summed E-state index contributed by atoms with van der Waals surface area (Å²) >= 11 is 0. The van der Waals surface area contributed by atoms with Gasteiger partial charge in [0.15, 0.2) is 0 Å². The van der Waals surface area contributed by atoms with Crippen LogP contribution in [0.5, 0.6) is 0 Å². The van der Waals surface area contributed by atoms with Crippen LogP contribution in [0.1, 0.15) is 18.2 Å². The highest BCUT2D eigenvalue weighted by atomic mass is 14.8. The molecule has 1 rings (SSSR count). The molecule has 0 aliphatic carbocycles. The Bertz CT molecular complexity index is 277. The fourth-order valence-corrected chi connectivity index (χ4v) is 0.970. The van der Waals surface area contributed by atoms with E-state index in [1.807, 2.05) is 26.0 Å². The molecule has 0 atom stereocenters. The van der Waals surface area contributed by atoms with Gasteiger partial charge >= 0.3 is 0 Å². The fraction of sp³-hybridized carbons (Fsp3) is 0.333. The number of rotatable bonds is 1. The standard InChI is InChI=1S/C9H12N2/c1-7-5-4-6-11-9(7)8(2)10-3/h4-6H,1-3H3. The molecule has 11 heavy (non-hydrogen) atoms. The summed E-state index contributed by atoms with van der Waals surface area (Å²) in [5, 5.41) is 0. The van der Waals surface area contributed by atoms with Gasteiger partial charge in [-0.05, 0) is 25.5 Å². The van der Waals surface area contributed by atoms with E-state index in [1.165, 1.54) is 5.56 Å². The normalized spacial score (nSPS) is 11.7. The van der Waals surface area contributed by atoms with E-state index in [1.54, 1.807) is 13.2 Å². The van der Waals surface area contributed by atoms with Crippen molar-refractivity contribution < 1.29 is 0 Å². The minimum absolute atomic E-state index is 0.989. The summed E-state index contributed by atoms with van der Waals surface area (Å²) < 4.78 is 0. The molecule has 0 amide bonds. The molecule has 0 N–H and O–H groups in total. The highest BCUT2D eigenvalue weighted by Crippen LogP contribution is 2.03. The van der Waals surface area contributed by atoms with Crippen LogP contribution in [-0.2, 0) is 0 Å². The Morgan fingerprint density at radius 2 is 2.27 bits per heavy atom. The van der Waals surface area contributed by atoms with Crippen molar-refractivity contribution in [2.24, 2.45) is 4.99 Å². The van der Waals surface area contributed by atoms with Crippen LogP contribution in [0.3, 0.4) is 0 Å². The van der Waals surface area contributed by atoms with Gasteiger partial charge in [-0.25, -0.2) is 0 Å². The molecule has 0 saturated heterocycles. The van der Waals surface area contributed by atoms with Crippen molar-refractivity contribution in [1.82, 2.24) is 4.98 Å². The molecule has 1 heterocycles. The molecule has 0 saturated carbocycles. The summed E-state index contributed by atoms with van der Waals surface area (Å²) in [5.74, 6) is 0. The predicted molar refractivity (Wildman–Crippen MR) is 47.1 cm³/mol. The molecule has 2 nitrogen and oxygen atoms in total. The molecule has 0 aliphatic heterocycles. The Labute approximate surface area is 67.0 Å². The second-order valence-corrected chi connectivity index (χ2v) is 2.48. The fourth-order valence-electron chi connectivity index (χ4n) is 0.970. The molecule has 0 fully saturated rings. The van der Waals surface area contributed by atoms with Gasteiger partial charge < -0.3 is 0 Å².